The van der Waals surface area contributed by atoms with Gasteiger partial charge in [-0.1, -0.05) is 11.6 Å². The third-order valence-corrected chi connectivity index (χ3v) is 1.44. The van der Waals surface area contributed by atoms with Crippen LogP contribution in [-0.2, 0) is 0 Å². The van der Waals surface area contributed by atoms with Gasteiger partial charge in [0, 0.05) is 5.02 Å². The molecule has 0 atom stereocenters. The zero-order valence-corrected chi connectivity index (χ0v) is 8.14. The molecule has 0 aliphatic carbocycles. The number of aliphatic imine (C=N–C) groups is 1. The summed E-state index contributed by atoms with van der Waals surface area (Å²) in [6, 6.07) is 6.75. The Morgan fingerprint density at radius 3 is 2.38 bits per heavy atom. The summed E-state index contributed by atoms with van der Waals surface area (Å²) in [5.41, 5.74) is 7.55. The van der Waals surface area contributed by atoms with Crippen molar-refractivity contribution in [2.45, 2.75) is 0 Å². The highest BCUT2D eigenvalue weighted by Gasteiger charge is 1.91. The molecular weight excluding hydrogens is 213 g/mol. The van der Waals surface area contributed by atoms with Crippen molar-refractivity contribution in [2.24, 2.45) is 10.7 Å². The summed E-state index contributed by atoms with van der Waals surface area (Å²) in [5, 5.41) is 8.95. The van der Waals surface area contributed by atoms with Gasteiger partial charge in [-0.3, -0.25) is 5.21 Å². The Balaban J connectivity index is 0.00000144. The highest BCUT2D eigenvalue weighted by atomic mass is 35.5. The summed E-state index contributed by atoms with van der Waals surface area (Å²) in [7, 11) is 0. The van der Waals surface area contributed by atoms with Crippen LogP contribution in [0, 0.1) is 0 Å². The van der Waals surface area contributed by atoms with Crippen molar-refractivity contribution in [3.05, 3.63) is 29.3 Å². The predicted molar refractivity (Wildman–Crippen MR) is 54.9 cm³/mol. The first-order chi connectivity index (χ1) is 5.72. The molecule has 1 aromatic rings. The monoisotopic (exact) mass is 221 g/mol. The number of halogens is 2. The minimum absolute atomic E-state index is 0. The van der Waals surface area contributed by atoms with Crippen LogP contribution in [0.15, 0.2) is 29.3 Å². The van der Waals surface area contributed by atoms with Crippen molar-refractivity contribution in [3.8, 4) is 0 Å². The number of nitrogens with zero attached hydrogens (tertiary/aromatic N) is 1. The van der Waals surface area contributed by atoms with E-state index in [-0.39, 0.29) is 18.4 Å². The molecule has 0 aliphatic heterocycles. The van der Waals surface area contributed by atoms with Gasteiger partial charge in [-0.25, -0.2) is 10.5 Å². The Hall–Kier alpha value is -0.970. The number of rotatable bonds is 1. The number of nitrogens with two attached hydrogens (primary N) is 1. The normalized spacial score (nSPS) is 10.5. The molecule has 0 amide bonds. The van der Waals surface area contributed by atoms with Crippen molar-refractivity contribution >= 4 is 35.7 Å². The fourth-order valence-corrected chi connectivity index (χ4v) is 0.806. The minimum Gasteiger partial charge on any atom is -0.368 e. The van der Waals surface area contributed by atoms with E-state index in [9.17, 15) is 0 Å². The maximum atomic E-state index is 8.32. The Morgan fingerprint density at radius 2 is 1.92 bits per heavy atom. The molecule has 0 unspecified atom stereocenters. The Kier molecular flexibility index (Phi) is 5.22. The van der Waals surface area contributed by atoms with E-state index in [2.05, 4.69) is 4.99 Å². The molecular formula is C7H9Cl2N3O. The van der Waals surface area contributed by atoms with Crippen LogP contribution in [0.25, 0.3) is 0 Å². The number of hydroxylamine groups is 1. The molecule has 0 aliphatic rings. The Morgan fingerprint density at radius 1 is 1.38 bits per heavy atom. The van der Waals surface area contributed by atoms with Crippen LogP contribution < -0.4 is 11.2 Å². The number of guanidine groups is 1. The third-order valence-electron chi connectivity index (χ3n) is 1.19. The van der Waals surface area contributed by atoms with Crippen molar-refractivity contribution in [3.63, 3.8) is 0 Å². The second-order valence-corrected chi connectivity index (χ2v) is 2.52. The van der Waals surface area contributed by atoms with E-state index in [1.807, 2.05) is 0 Å². The number of hydrogen-bond donors (Lipinski definition) is 3. The molecule has 0 saturated heterocycles. The van der Waals surface area contributed by atoms with Gasteiger partial charge < -0.3 is 5.73 Å². The van der Waals surface area contributed by atoms with Gasteiger partial charge in [-0.2, -0.15) is 0 Å². The molecule has 13 heavy (non-hydrogen) atoms. The average molecular weight is 222 g/mol. The molecule has 0 radical (unpaired) electrons. The molecule has 0 spiro atoms. The first kappa shape index (κ1) is 12.0. The van der Waals surface area contributed by atoms with Crippen molar-refractivity contribution in [1.29, 1.82) is 0 Å². The fourth-order valence-electron chi connectivity index (χ4n) is 0.680. The van der Waals surface area contributed by atoms with E-state index in [1.54, 1.807) is 29.7 Å². The lowest BCUT2D eigenvalue weighted by Gasteiger charge is -1.96. The fraction of sp³-hybridized carbons (Fsp3) is 0. The summed E-state index contributed by atoms with van der Waals surface area (Å²) in [6.45, 7) is 0. The molecule has 72 valence electrons. The molecule has 1 rings (SSSR count). The lowest BCUT2D eigenvalue weighted by Crippen LogP contribution is -2.27. The van der Waals surface area contributed by atoms with E-state index >= 15 is 0 Å². The number of nitrogens with one attached hydrogen (secondary N) is 1. The largest absolute Gasteiger partial charge is 0.368 e. The van der Waals surface area contributed by atoms with Crippen LogP contribution in [0.2, 0.25) is 5.02 Å². The zero-order valence-electron chi connectivity index (χ0n) is 6.57. The second-order valence-electron chi connectivity index (χ2n) is 2.09. The summed E-state index contributed by atoms with van der Waals surface area (Å²) < 4.78 is 0. The van der Waals surface area contributed by atoms with Crippen LogP contribution in [0.4, 0.5) is 5.69 Å². The van der Waals surface area contributed by atoms with Crippen LogP contribution in [-0.4, -0.2) is 11.2 Å². The van der Waals surface area contributed by atoms with Gasteiger partial charge in [0.25, 0.3) is 0 Å². The molecule has 6 heteroatoms. The van der Waals surface area contributed by atoms with Crippen LogP contribution in [0.1, 0.15) is 0 Å². The van der Waals surface area contributed by atoms with Gasteiger partial charge in [-0.05, 0) is 24.3 Å². The summed E-state index contributed by atoms with van der Waals surface area (Å²) >= 11 is 5.64. The standard InChI is InChI=1S/C7H8ClN3O.ClH/c8-5-1-3-6(4-2-5)10-7(9)11-12;/h1-4,12H,(H3,9,10,11);1H. The van der Waals surface area contributed by atoms with Gasteiger partial charge in [0.1, 0.15) is 0 Å². The first-order valence-corrected chi connectivity index (χ1v) is 3.60. The first-order valence-electron chi connectivity index (χ1n) is 3.22. The maximum absolute atomic E-state index is 8.32. The van der Waals surface area contributed by atoms with E-state index < -0.39 is 0 Å². The zero-order chi connectivity index (χ0) is 8.97. The maximum Gasteiger partial charge on any atom is 0.218 e. The third kappa shape index (κ3) is 3.98. The molecule has 0 bridgehead atoms. The van der Waals surface area contributed by atoms with Gasteiger partial charge in [-0.15, -0.1) is 12.4 Å². The molecule has 0 saturated carbocycles. The van der Waals surface area contributed by atoms with Crippen molar-refractivity contribution in [2.75, 3.05) is 0 Å². The molecule has 4 N–H and O–H groups in total. The topological polar surface area (TPSA) is 70.6 Å². The minimum atomic E-state index is -0.0580. The van der Waals surface area contributed by atoms with Gasteiger partial charge in [0.15, 0.2) is 0 Å². The molecule has 0 heterocycles. The Bertz CT molecular complexity index is 286. The van der Waals surface area contributed by atoms with Crippen molar-refractivity contribution < 1.29 is 5.21 Å². The number of benzene rings is 1. The molecule has 1 aromatic carbocycles. The SMILES string of the molecule is Cl.NC(=Nc1ccc(Cl)cc1)NO. The number of hydrogen-bond acceptors (Lipinski definition) is 2. The van der Waals surface area contributed by atoms with Crippen LogP contribution in [0.5, 0.6) is 0 Å². The highest BCUT2D eigenvalue weighted by Crippen LogP contribution is 2.15. The molecule has 4 nitrogen and oxygen atoms in total. The smallest absolute Gasteiger partial charge is 0.218 e. The molecule has 0 fully saturated rings. The summed E-state index contributed by atoms with van der Waals surface area (Å²) in [6.07, 6.45) is 0. The highest BCUT2D eigenvalue weighted by molar-refractivity contribution is 6.30. The lowest BCUT2D eigenvalue weighted by atomic mass is 10.3. The van der Waals surface area contributed by atoms with E-state index in [4.69, 9.17) is 22.5 Å². The van der Waals surface area contributed by atoms with Gasteiger partial charge in [0.05, 0.1) is 5.69 Å². The average Bonchev–Trinajstić information content (AvgIpc) is 2.09. The quantitative estimate of drug-likeness (QED) is 0.384. The van der Waals surface area contributed by atoms with E-state index in [1.165, 1.54) is 0 Å². The summed E-state index contributed by atoms with van der Waals surface area (Å²) in [4.78, 5) is 3.79. The lowest BCUT2D eigenvalue weighted by molar-refractivity contribution is 0.233. The van der Waals surface area contributed by atoms with Crippen LogP contribution >= 0.6 is 24.0 Å². The molecule has 0 aromatic heterocycles. The van der Waals surface area contributed by atoms with Crippen molar-refractivity contribution in [1.82, 2.24) is 5.48 Å². The van der Waals surface area contributed by atoms with Gasteiger partial charge in [0.2, 0.25) is 5.96 Å². The second kappa shape index (κ2) is 5.64. The summed E-state index contributed by atoms with van der Waals surface area (Å²) in [5.74, 6) is -0.0580. The predicted octanol–water partition coefficient (Wildman–Crippen LogP) is 1.69. The van der Waals surface area contributed by atoms with Gasteiger partial charge >= 0.3 is 0 Å². The van der Waals surface area contributed by atoms with E-state index in [0.717, 1.165) is 0 Å². The van der Waals surface area contributed by atoms with Crippen LogP contribution in [0.3, 0.4) is 0 Å². The van der Waals surface area contributed by atoms with E-state index in [0.29, 0.717) is 10.7 Å². The Labute approximate surface area is 86.8 Å².